The van der Waals surface area contributed by atoms with Gasteiger partial charge in [-0.3, -0.25) is 4.99 Å². The van der Waals surface area contributed by atoms with Crippen LogP contribution in [0.15, 0.2) is 41.4 Å². The normalized spacial score (nSPS) is 11.0. The second-order valence-corrected chi connectivity index (χ2v) is 6.70. The maximum absolute atomic E-state index is 5.41. The number of nitrogens with zero attached hydrogens (tertiary/aromatic N) is 2. The van der Waals surface area contributed by atoms with E-state index in [0.717, 1.165) is 24.5 Å². The van der Waals surface area contributed by atoms with Gasteiger partial charge in [-0.25, -0.2) is 0 Å². The van der Waals surface area contributed by atoms with Crippen LogP contribution in [0.4, 0.5) is 5.69 Å². The van der Waals surface area contributed by atoms with Gasteiger partial charge in [-0.05, 0) is 41.8 Å². The Labute approximate surface area is 173 Å². The summed E-state index contributed by atoms with van der Waals surface area (Å²) in [6.45, 7) is 1.37. The van der Waals surface area contributed by atoms with E-state index in [2.05, 4.69) is 44.8 Å². The maximum atomic E-state index is 5.41. The molecule has 0 spiro atoms. The summed E-state index contributed by atoms with van der Waals surface area (Å²) in [5.74, 6) is 2.59. The molecular formula is C22H32N4O3. The molecule has 0 aliphatic rings. The fourth-order valence-corrected chi connectivity index (χ4v) is 2.93. The van der Waals surface area contributed by atoms with Gasteiger partial charge in [-0.2, -0.15) is 0 Å². The molecule has 0 radical (unpaired) electrons. The smallest absolute Gasteiger partial charge is 0.203 e. The third-order valence-corrected chi connectivity index (χ3v) is 4.57. The number of hydrogen-bond acceptors (Lipinski definition) is 5. The first-order valence-corrected chi connectivity index (χ1v) is 9.52. The van der Waals surface area contributed by atoms with Crippen molar-refractivity contribution < 1.29 is 14.2 Å². The highest BCUT2D eigenvalue weighted by atomic mass is 16.5. The third kappa shape index (κ3) is 6.20. The lowest BCUT2D eigenvalue weighted by atomic mass is 10.1. The minimum Gasteiger partial charge on any atom is -0.493 e. The highest BCUT2D eigenvalue weighted by Gasteiger charge is 2.13. The van der Waals surface area contributed by atoms with Crippen molar-refractivity contribution in [3.8, 4) is 17.2 Å². The average molecular weight is 401 g/mol. The molecule has 2 N–H and O–H groups in total. The lowest BCUT2D eigenvalue weighted by Gasteiger charge is -2.16. The van der Waals surface area contributed by atoms with Crippen molar-refractivity contribution >= 4 is 11.6 Å². The Morgan fingerprint density at radius 2 is 1.52 bits per heavy atom. The molecule has 0 bridgehead atoms. The van der Waals surface area contributed by atoms with E-state index in [0.29, 0.717) is 23.8 Å². The molecule has 0 saturated heterocycles. The Hall–Kier alpha value is -3.09. The summed E-state index contributed by atoms with van der Waals surface area (Å²) < 4.78 is 16.2. The minimum atomic E-state index is 0.577. The Balaban J connectivity index is 1.90. The van der Waals surface area contributed by atoms with E-state index < -0.39 is 0 Å². The molecule has 0 aromatic heterocycles. The van der Waals surface area contributed by atoms with Crippen LogP contribution in [0.5, 0.6) is 17.2 Å². The standard InChI is InChI=1S/C22H32N4O3/c1-23-22(24-12-11-16-7-9-18(10-8-16)26(2)3)25-15-17-13-19(27-4)21(29-6)20(14-17)28-5/h7-10,13-14H,11-12,15H2,1-6H3,(H2,23,24,25). The monoisotopic (exact) mass is 400 g/mol. The van der Waals surface area contributed by atoms with Gasteiger partial charge >= 0.3 is 0 Å². The fraction of sp³-hybridized carbons (Fsp3) is 0.409. The van der Waals surface area contributed by atoms with E-state index in [1.54, 1.807) is 28.4 Å². The van der Waals surface area contributed by atoms with Crippen molar-refractivity contribution in [1.29, 1.82) is 0 Å². The van der Waals surface area contributed by atoms with Gasteiger partial charge in [0, 0.05) is 39.9 Å². The largest absolute Gasteiger partial charge is 0.493 e. The number of nitrogens with one attached hydrogen (secondary N) is 2. The summed E-state index contributed by atoms with van der Waals surface area (Å²) >= 11 is 0. The summed E-state index contributed by atoms with van der Waals surface area (Å²) in [5.41, 5.74) is 3.48. The Kier molecular flexibility index (Phi) is 8.45. The number of rotatable bonds is 9. The number of aliphatic imine (C=N–C) groups is 1. The van der Waals surface area contributed by atoms with E-state index in [1.165, 1.54) is 11.3 Å². The molecule has 2 aromatic rings. The van der Waals surface area contributed by atoms with E-state index >= 15 is 0 Å². The minimum absolute atomic E-state index is 0.577. The molecule has 0 fully saturated rings. The highest BCUT2D eigenvalue weighted by molar-refractivity contribution is 5.79. The second kappa shape index (κ2) is 11.0. The van der Waals surface area contributed by atoms with Crippen LogP contribution < -0.4 is 29.7 Å². The van der Waals surface area contributed by atoms with Crippen LogP contribution in [-0.2, 0) is 13.0 Å². The van der Waals surface area contributed by atoms with Gasteiger partial charge in [0.1, 0.15) is 0 Å². The molecular weight excluding hydrogens is 368 g/mol. The molecule has 0 aliphatic carbocycles. The van der Waals surface area contributed by atoms with E-state index in [4.69, 9.17) is 14.2 Å². The number of methoxy groups -OCH3 is 3. The molecule has 7 heteroatoms. The molecule has 2 rings (SSSR count). The lowest BCUT2D eigenvalue weighted by Crippen LogP contribution is -2.37. The average Bonchev–Trinajstić information content (AvgIpc) is 2.75. The maximum Gasteiger partial charge on any atom is 0.203 e. The first kappa shape index (κ1) is 22.2. The third-order valence-electron chi connectivity index (χ3n) is 4.57. The molecule has 0 aliphatic heterocycles. The van der Waals surface area contributed by atoms with Crippen molar-refractivity contribution in [1.82, 2.24) is 10.6 Å². The Morgan fingerprint density at radius 3 is 2.00 bits per heavy atom. The van der Waals surface area contributed by atoms with Crippen LogP contribution in [0, 0.1) is 0 Å². The molecule has 7 nitrogen and oxygen atoms in total. The summed E-state index contributed by atoms with van der Waals surface area (Å²) in [6, 6.07) is 12.4. The van der Waals surface area contributed by atoms with Crippen LogP contribution >= 0.6 is 0 Å². The number of anilines is 1. The molecule has 0 atom stereocenters. The molecule has 0 unspecified atom stereocenters. The first-order chi connectivity index (χ1) is 14.0. The zero-order valence-corrected chi connectivity index (χ0v) is 18.2. The van der Waals surface area contributed by atoms with Crippen LogP contribution in [0.1, 0.15) is 11.1 Å². The second-order valence-electron chi connectivity index (χ2n) is 6.70. The molecule has 2 aromatic carbocycles. The summed E-state index contributed by atoms with van der Waals surface area (Å²) in [4.78, 5) is 6.39. The van der Waals surface area contributed by atoms with Gasteiger partial charge < -0.3 is 29.7 Å². The van der Waals surface area contributed by atoms with Gasteiger partial charge in [-0.15, -0.1) is 0 Å². The zero-order chi connectivity index (χ0) is 21.2. The van der Waals surface area contributed by atoms with Crippen LogP contribution in [-0.4, -0.2) is 55.0 Å². The van der Waals surface area contributed by atoms with Gasteiger partial charge in [0.2, 0.25) is 5.75 Å². The summed E-state index contributed by atoms with van der Waals surface area (Å²) in [6.07, 6.45) is 0.915. The van der Waals surface area contributed by atoms with Crippen LogP contribution in [0.25, 0.3) is 0 Å². The van der Waals surface area contributed by atoms with Gasteiger partial charge in [0.25, 0.3) is 0 Å². The molecule has 29 heavy (non-hydrogen) atoms. The Morgan fingerprint density at radius 1 is 0.897 bits per heavy atom. The molecule has 0 amide bonds. The number of benzene rings is 2. The van der Waals surface area contributed by atoms with Crippen molar-refractivity contribution in [2.24, 2.45) is 4.99 Å². The van der Waals surface area contributed by atoms with E-state index in [9.17, 15) is 0 Å². The van der Waals surface area contributed by atoms with Gasteiger partial charge in [0.05, 0.1) is 21.3 Å². The van der Waals surface area contributed by atoms with Crippen molar-refractivity contribution in [2.45, 2.75) is 13.0 Å². The predicted octanol–water partition coefficient (Wildman–Crippen LogP) is 2.69. The zero-order valence-electron chi connectivity index (χ0n) is 18.2. The number of guanidine groups is 1. The lowest BCUT2D eigenvalue weighted by molar-refractivity contribution is 0.323. The van der Waals surface area contributed by atoms with Gasteiger partial charge in [0.15, 0.2) is 17.5 Å². The summed E-state index contributed by atoms with van der Waals surface area (Å²) in [5, 5.41) is 6.66. The summed E-state index contributed by atoms with van der Waals surface area (Å²) in [7, 11) is 10.7. The Bertz CT molecular complexity index is 779. The quantitative estimate of drug-likeness (QED) is 0.498. The van der Waals surface area contributed by atoms with Crippen molar-refractivity contribution in [2.75, 3.05) is 53.9 Å². The van der Waals surface area contributed by atoms with Crippen LogP contribution in [0.3, 0.4) is 0 Å². The van der Waals surface area contributed by atoms with Gasteiger partial charge in [-0.1, -0.05) is 12.1 Å². The van der Waals surface area contributed by atoms with E-state index in [1.807, 2.05) is 26.2 Å². The number of ether oxygens (including phenoxy) is 3. The number of hydrogen-bond donors (Lipinski definition) is 2. The topological polar surface area (TPSA) is 67.4 Å². The fourth-order valence-electron chi connectivity index (χ4n) is 2.93. The first-order valence-electron chi connectivity index (χ1n) is 9.52. The molecule has 0 heterocycles. The van der Waals surface area contributed by atoms with Crippen molar-refractivity contribution in [3.05, 3.63) is 47.5 Å². The van der Waals surface area contributed by atoms with E-state index in [-0.39, 0.29) is 0 Å². The highest BCUT2D eigenvalue weighted by Crippen LogP contribution is 2.38. The van der Waals surface area contributed by atoms with Crippen LogP contribution in [0.2, 0.25) is 0 Å². The molecule has 0 saturated carbocycles. The SMILES string of the molecule is CN=C(NCCc1ccc(N(C)C)cc1)NCc1cc(OC)c(OC)c(OC)c1. The molecule has 158 valence electrons. The van der Waals surface area contributed by atoms with Crippen molar-refractivity contribution in [3.63, 3.8) is 0 Å². The predicted molar refractivity (Wildman–Crippen MR) is 119 cm³/mol.